The predicted octanol–water partition coefficient (Wildman–Crippen LogP) is 3.73. The second kappa shape index (κ2) is 5.09. The van der Waals surface area contributed by atoms with Crippen LogP contribution in [0.5, 0.6) is 0 Å². The first-order valence-electron chi connectivity index (χ1n) is 3.69. The Morgan fingerprint density at radius 2 is 1.33 bits per heavy atom. The van der Waals surface area contributed by atoms with Crippen LogP contribution >= 0.6 is 34.8 Å². The number of esters is 1. The van der Waals surface area contributed by atoms with Crippen LogP contribution in [-0.2, 0) is 9.53 Å². The summed E-state index contributed by atoms with van der Waals surface area (Å²) in [5.74, 6) is -15.9. The highest BCUT2D eigenvalue weighted by atomic mass is 35.6. The molecular formula is C6H2Cl3F7O2. The molecular weight excluding hydrogens is 343 g/mol. The van der Waals surface area contributed by atoms with E-state index >= 15 is 0 Å². The van der Waals surface area contributed by atoms with Crippen LogP contribution in [0, 0.1) is 0 Å². The molecule has 0 N–H and O–H groups in total. The quantitative estimate of drug-likeness (QED) is 0.443. The third-order valence-corrected chi connectivity index (χ3v) is 1.70. The first-order valence-corrected chi connectivity index (χ1v) is 4.82. The van der Waals surface area contributed by atoms with Crippen molar-refractivity contribution in [3.05, 3.63) is 0 Å². The summed E-state index contributed by atoms with van der Waals surface area (Å²) < 4.78 is 85.7. The number of carbonyl (C=O) groups excluding carboxylic acids is 1. The lowest BCUT2D eigenvalue weighted by atomic mass is 10.1. The zero-order valence-electron chi connectivity index (χ0n) is 7.80. The van der Waals surface area contributed by atoms with Gasteiger partial charge in [0.05, 0.1) is 0 Å². The Balaban J connectivity index is 4.99. The summed E-state index contributed by atoms with van der Waals surface area (Å²) >= 11 is 14.8. The number of rotatable bonds is 3. The molecule has 0 saturated carbocycles. The lowest BCUT2D eigenvalue weighted by Crippen LogP contribution is -2.56. The average Bonchev–Trinajstić information content (AvgIpc) is 2.10. The standard InChI is InChI=1S/C6H2Cl3F7O2/c7-3(8,9)1-18-2(17)4(10,11)5(12,13)6(14,15)16/h1H2. The van der Waals surface area contributed by atoms with Crippen molar-refractivity contribution in [1.29, 1.82) is 0 Å². The summed E-state index contributed by atoms with van der Waals surface area (Å²) in [5.41, 5.74) is 0. The van der Waals surface area contributed by atoms with E-state index in [0.717, 1.165) is 0 Å². The molecule has 0 aliphatic carbocycles. The van der Waals surface area contributed by atoms with Gasteiger partial charge >= 0.3 is 24.0 Å². The molecule has 108 valence electrons. The Bertz CT molecular complexity index is 322. The average molecular weight is 345 g/mol. The van der Waals surface area contributed by atoms with E-state index in [1.165, 1.54) is 0 Å². The third-order valence-electron chi connectivity index (χ3n) is 1.37. The summed E-state index contributed by atoms with van der Waals surface area (Å²) in [6.07, 6.45) is -6.64. The normalized spacial score (nSPS) is 14.6. The summed E-state index contributed by atoms with van der Waals surface area (Å²) in [6, 6.07) is 0. The molecule has 18 heavy (non-hydrogen) atoms. The minimum atomic E-state index is -6.64. The van der Waals surface area contributed by atoms with E-state index in [0.29, 0.717) is 0 Å². The second-order valence-corrected chi connectivity index (χ2v) is 5.35. The Morgan fingerprint density at radius 3 is 1.61 bits per heavy atom. The summed E-state index contributed by atoms with van der Waals surface area (Å²) in [5, 5.41) is 0. The van der Waals surface area contributed by atoms with Crippen molar-refractivity contribution in [2.75, 3.05) is 6.61 Å². The fraction of sp³-hybridized carbons (Fsp3) is 0.833. The molecule has 0 fully saturated rings. The van der Waals surface area contributed by atoms with Gasteiger partial charge in [0, 0.05) is 0 Å². The predicted molar refractivity (Wildman–Crippen MR) is 47.2 cm³/mol. The largest absolute Gasteiger partial charge is 0.460 e. The van der Waals surface area contributed by atoms with Crippen LogP contribution in [0.25, 0.3) is 0 Å². The van der Waals surface area contributed by atoms with Crippen LogP contribution in [-0.4, -0.2) is 34.4 Å². The molecule has 0 amide bonds. The maximum Gasteiger partial charge on any atom is 0.460 e. The fourth-order valence-electron chi connectivity index (χ4n) is 0.544. The first-order chi connectivity index (χ1) is 7.63. The molecule has 12 heteroatoms. The van der Waals surface area contributed by atoms with E-state index in [9.17, 15) is 35.5 Å². The van der Waals surface area contributed by atoms with Crippen LogP contribution in [0.2, 0.25) is 0 Å². The molecule has 0 spiro atoms. The van der Waals surface area contributed by atoms with Gasteiger partial charge in [-0.2, -0.15) is 30.7 Å². The molecule has 0 aromatic heterocycles. The van der Waals surface area contributed by atoms with E-state index in [1.807, 2.05) is 0 Å². The monoisotopic (exact) mass is 344 g/mol. The van der Waals surface area contributed by atoms with Gasteiger partial charge in [-0.3, -0.25) is 0 Å². The van der Waals surface area contributed by atoms with Gasteiger partial charge in [-0.05, 0) is 0 Å². The smallest absolute Gasteiger partial charge is 0.457 e. The second-order valence-electron chi connectivity index (χ2n) is 2.84. The molecule has 0 atom stereocenters. The van der Waals surface area contributed by atoms with Crippen LogP contribution in [0.4, 0.5) is 30.7 Å². The van der Waals surface area contributed by atoms with Gasteiger partial charge in [-0.15, -0.1) is 0 Å². The van der Waals surface area contributed by atoms with Crippen LogP contribution in [0.1, 0.15) is 0 Å². The van der Waals surface area contributed by atoms with Gasteiger partial charge in [0.15, 0.2) is 0 Å². The van der Waals surface area contributed by atoms with E-state index < -0.39 is 34.4 Å². The molecule has 0 aliphatic heterocycles. The number of hydrogen-bond donors (Lipinski definition) is 0. The Hall–Kier alpha value is -0.150. The highest BCUT2D eigenvalue weighted by molar-refractivity contribution is 6.67. The van der Waals surface area contributed by atoms with Crippen molar-refractivity contribution in [2.24, 2.45) is 0 Å². The third kappa shape index (κ3) is 3.92. The molecule has 2 nitrogen and oxygen atoms in total. The van der Waals surface area contributed by atoms with Gasteiger partial charge in [-0.25, -0.2) is 4.79 Å². The Morgan fingerprint density at radius 1 is 0.944 bits per heavy atom. The molecule has 0 unspecified atom stereocenters. The van der Waals surface area contributed by atoms with E-state index in [2.05, 4.69) is 4.74 Å². The lowest BCUT2D eigenvalue weighted by Gasteiger charge is -2.26. The van der Waals surface area contributed by atoms with E-state index in [-0.39, 0.29) is 0 Å². The molecule has 0 bridgehead atoms. The molecule has 0 aliphatic rings. The van der Waals surface area contributed by atoms with Crippen molar-refractivity contribution < 1.29 is 40.3 Å². The first kappa shape index (κ1) is 17.8. The maximum atomic E-state index is 12.6. The lowest BCUT2D eigenvalue weighted by molar-refractivity contribution is -0.348. The summed E-state index contributed by atoms with van der Waals surface area (Å²) in [6.45, 7) is -1.42. The van der Waals surface area contributed by atoms with Crippen molar-refractivity contribution in [1.82, 2.24) is 0 Å². The van der Waals surface area contributed by atoms with Crippen molar-refractivity contribution in [3.8, 4) is 0 Å². The molecule has 0 radical (unpaired) electrons. The zero-order chi connectivity index (χ0) is 15.0. The SMILES string of the molecule is O=C(OCC(Cl)(Cl)Cl)C(F)(F)C(F)(F)C(F)(F)F. The molecule has 0 aromatic rings. The Kier molecular flexibility index (Phi) is 5.04. The van der Waals surface area contributed by atoms with Gasteiger partial charge < -0.3 is 4.74 Å². The highest BCUT2D eigenvalue weighted by Crippen LogP contribution is 2.47. The number of carbonyl (C=O) groups is 1. The van der Waals surface area contributed by atoms with E-state index in [1.54, 1.807) is 0 Å². The molecule has 0 rings (SSSR count). The van der Waals surface area contributed by atoms with Gasteiger partial charge in [-0.1, -0.05) is 34.8 Å². The minimum absolute atomic E-state index is 1.42. The topological polar surface area (TPSA) is 26.3 Å². The number of ether oxygens (including phenoxy) is 1. The van der Waals surface area contributed by atoms with Crippen LogP contribution in [0.15, 0.2) is 0 Å². The fourth-order valence-corrected chi connectivity index (χ4v) is 0.708. The van der Waals surface area contributed by atoms with Crippen molar-refractivity contribution in [3.63, 3.8) is 0 Å². The van der Waals surface area contributed by atoms with Crippen LogP contribution in [0.3, 0.4) is 0 Å². The summed E-state index contributed by atoms with van der Waals surface area (Å²) in [4.78, 5) is 10.5. The number of hydrogen-bond acceptors (Lipinski definition) is 2. The number of alkyl halides is 10. The Labute approximate surface area is 110 Å². The van der Waals surface area contributed by atoms with Gasteiger partial charge in [0.2, 0.25) is 3.79 Å². The van der Waals surface area contributed by atoms with Crippen LogP contribution < -0.4 is 0 Å². The van der Waals surface area contributed by atoms with Gasteiger partial charge in [0.25, 0.3) is 0 Å². The maximum absolute atomic E-state index is 12.6. The summed E-state index contributed by atoms with van der Waals surface area (Å²) in [7, 11) is 0. The molecule has 0 aromatic carbocycles. The molecule has 0 heterocycles. The van der Waals surface area contributed by atoms with E-state index in [4.69, 9.17) is 34.8 Å². The van der Waals surface area contributed by atoms with Crippen molar-refractivity contribution in [2.45, 2.75) is 21.8 Å². The zero-order valence-corrected chi connectivity index (χ0v) is 10.1. The highest BCUT2D eigenvalue weighted by Gasteiger charge is 2.77. The van der Waals surface area contributed by atoms with Crippen molar-refractivity contribution >= 4 is 40.8 Å². The molecule has 0 saturated heterocycles. The minimum Gasteiger partial charge on any atom is -0.457 e. The van der Waals surface area contributed by atoms with Gasteiger partial charge in [0.1, 0.15) is 6.61 Å². The number of halogens is 10.